The van der Waals surface area contributed by atoms with Gasteiger partial charge in [0.2, 0.25) is 0 Å². The van der Waals surface area contributed by atoms with Crippen LogP contribution in [0.5, 0.6) is 0 Å². The fourth-order valence-electron chi connectivity index (χ4n) is 3.13. The Kier molecular flexibility index (Phi) is 3.62. The van der Waals surface area contributed by atoms with Crippen molar-refractivity contribution < 1.29 is 0 Å². The Balaban J connectivity index is 1.93. The van der Waals surface area contributed by atoms with Crippen LogP contribution in [0.25, 0.3) is 21.5 Å². The molecule has 0 saturated heterocycles. The molecule has 0 aromatic heterocycles. The first-order chi connectivity index (χ1) is 11.7. The van der Waals surface area contributed by atoms with Crippen molar-refractivity contribution in [2.45, 2.75) is 13.8 Å². The zero-order valence-electron chi connectivity index (χ0n) is 14.0. The Bertz CT molecular complexity index is 1020. The molecule has 0 spiro atoms. The lowest BCUT2D eigenvalue weighted by Crippen LogP contribution is -1.88. The molecule has 0 atom stereocenters. The van der Waals surface area contributed by atoms with Crippen LogP contribution in [0.1, 0.15) is 16.7 Å². The molecule has 0 radical (unpaired) electrons. The number of rotatable bonds is 2. The molecule has 1 nitrogen and oxygen atoms in total. The largest absolute Gasteiger partial charge is 0.256 e. The molecule has 0 fully saturated rings. The van der Waals surface area contributed by atoms with Crippen molar-refractivity contribution in [3.63, 3.8) is 0 Å². The van der Waals surface area contributed by atoms with E-state index in [1.165, 1.54) is 38.2 Å². The standard InChI is InChI=1S/C23H19N/c1-16-11-12-20(13-17(16)2)24-15-23-21-9-5-3-7-18(21)14-19-8-4-6-10-22(19)23/h3-15H,1-2H3. The number of hydrogen-bond acceptors (Lipinski definition) is 1. The molecule has 0 bridgehead atoms. The molecule has 24 heavy (non-hydrogen) atoms. The van der Waals surface area contributed by atoms with Gasteiger partial charge in [0.1, 0.15) is 0 Å². The van der Waals surface area contributed by atoms with Crippen LogP contribution in [-0.4, -0.2) is 6.21 Å². The molecule has 4 rings (SSSR count). The lowest BCUT2D eigenvalue weighted by Gasteiger charge is -2.08. The summed E-state index contributed by atoms with van der Waals surface area (Å²) >= 11 is 0. The number of hydrogen-bond donors (Lipinski definition) is 0. The molecule has 0 unspecified atom stereocenters. The highest BCUT2D eigenvalue weighted by Crippen LogP contribution is 2.28. The molecule has 0 amide bonds. The fraction of sp³-hybridized carbons (Fsp3) is 0.0870. The van der Waals surface area contributed by atoms with Crippen molar-refractivity contribution in [3.8, 4) is 0 Å². The third-order valence-corrected chi connectivity index (χ3v) is 4.65. The van der Waals surface area contributed by atoms with Crippen molar-refractivity contribution >= 4 is 33.4 Å². The number of benzene rings is 4. The van der Waals surface area contributed by atoms with Crippen molar-refractivity contribution in [1.29, 1.82) is 0 Å². The molecule has 0 aliphatic rings. The summed E-state index contributed by atoms with van der Waals surface area (Å²) in [5, 5.41) is 4.98. The van der Waals surface area contributed by atoms with Crippen molar-refractivity contribution in [2.75, 3.05) is 0 Å². The molecule has 0 heterocycles. The summed E-state index contributed by atoms with van der Waals surface area (Å²) in [6.45, 7) is 4.25. The van der Waals surface area contributed by atoms with E-state index < -0.39 is 0 Å². The molecule has 0 aliphatic heterocycles. The summed E-state index contributed by atoms with van der Waals surface area (Å²) < 4.78 is 0. The summed E-state index contributed by atoms with van der Waals surface area (Å²) in [4.78, 5) is 4.75. The normalized spacial score (nSPS) is 11.6. The maximum Gasteiger partial charge on any atom is 0.0632 e. The molecule has 0 saturated carbocycles. The second kappa shape index (κ2) is 5.93. The average Bonchev–Trinajstić information content (AvgIpc) is 2.61. The number of aliphatic imine (C=N–C) groups is 1. The van der Waals surface area contributed by atoms with Crippen LogP contribution in [0, 0.1) is 13.8 Å². The Morgan fingerprint density at radius 3 is 1.92 bits per heavy atom. The van der Waals surface area contributed by atoms with Gasteiger partial charge in [-0.15, -0.1) is 0 Å². The summed E-state index contributed by atoms with van der Waals surface area (Å²) in [6, 6.07) is 25.6. The van der Waals surface area contributed by atoms with Crippen LogP contribution in [-0.2, 0) is 0 Å². The van der Waals surface area contributed by atoms with Crippen LogP contribution < -0.4 is 0 Å². The van der Waals surface area contributed by atoms with Gasteiger partial charge in [-0.05, 0) is 64.7 Å². The van der Waals surface area contributed by atoms with Gasteiger partial charge in [-0.1, -0.05) is 54.6 Å². The minimum Gasteiger partial charge on any atom is -0.256 e. The van der Waals surface area contributed by atoms with E-state index in [1.807, 2.05) is 6.21 Å². The molecular weight excluding hydrogens is 290 g/mol. The quantitative estimate of drug-likeness (QED) is 0.302. The summed E-state index contributed by atoms with van der Waals surface area (Å²) in [6.07, 6.45) is 2.01. The average molecular weight is 309 g/mol. The van der Waals surface area contributed by atoms with Gasteiger partial charge in [0.15, 0.2) is 0 Å². The molecule has 4 aromatic carbocycles. The van der Waals surface area contributed by atoms with E-state index in [2.05, 4.69) is 86.6 Å². The van der Waals surface area contributed by atoms with Crippen molar-refractivity contribution in [2.24, 2.45) is 4.99 Å². The Hall–Kier alpha value is -2.93. The van der Waals surface area contributed by atoms with E-state index in [9.17, 15) is 0 Å². The van der Waals surface area contributed by atoms with E-state index in [0.717, 1.165) is 5.69 Å². The minimum atomic E-state index is 0.995. The van der Waals surface area contributed by atoms with Crippen molar-refractivity contribution in [3.05, 3.63) is 89.5 Å². The zero-order valence-corrected chi connectivity index (χ0v) is 14.0. The van der Waals surface area contributed by atoms with Gasteiger partial charge < -0.3 is 0 Å². The predicted octanol–water partition coefficient (Wildman–Crippen LogP) is 6.36. The van der Waals surface area contributed by atoms with Gasteiger partial charge >= 0.3 is 0 Å². The second-order valence-corrected chi connectivity index (χ2v) is 6.26. The second-order valence-electron chi connectivity index (χ2n) is 6.26. The van der Waals surface area contributed by atoms with Gasteiger partial charge in [0.05, 0.1) is 5.69 Å². The number of nitrogens with zero attached hydrogens (tertiary/aromatic N) is 1. The molecular formula is C23H19N. The molecule has 0 N–H and O–H groups in total. The lowest BCUT2D eigenvalue weighted by atomic mass is 9.97. The first-order valence-corrected chi connectivity index (χ1v) is 8.24. The summed E-state index contributed by atoms with van der Waals surface area (Å²) in [5.74, 6) is 0. The van der Waals surface area contributed by atoms with Crippen molar-refractivity contribution in [1.82, 2.24) is 0 Å². The zero-order chi connectivity index (χ0) is 16.5. The van der Waals surface area contributed by atoms with Crippen LogP contribution in [0.4, 0.5) is 5.69 Å². The maximum absolute atomic E-state index is 4.75. The van der Waals surface area contributed by atoms with E-state index in [4.69, 9.17) is 4.99 Å². The topological polar surface area (TPSA) is 12.4 Å². The van der Waals surface area contributed by atoms with E-state index in [-0.39, 0.29) is 0 Å². The van der Waals surface area contributed by atoms with E-state index in [1.54, 1.807) is 0 Å². The predicted molar refractivity (Wildman–Crippen MR) is 105 cm³/mol. The summed E-state index contributed by atoms with van der Waals surface area (Å²) in [7, 11) is 0. The van der Waals surface area contributed by atoms with Gasteiger partial charge in [0.25, 0.3) is 0 Å². The summed E-state index contributed by atoms with van der Waals surface area (Å²) in [5.41, 5.74) is 4.74. The fourth-order valence-corrected chi connectivity index (χ4v) is 3.13. The molecule has 4 aromatic rings. The maximum atomic E-state index is 4.75. The van der Waals surface area contributed by atoms with E-state index >= 15 is 0 Å². The van der Waals surface area contributed by atoms with Crippen LogP contribution in [0.2, 0.25) is 0 Å². The Morgan fingerprint density at radius 1 is 0.667 bits per heavy atom. The molecule has 1 heteroatoms. The van der Waals surface area contributed by atoms with Gasteiger partial charge in [-0.3, -0.25) is 4.99 Å². The Morgan fingerprint density at radius 2 is 1.29 bits per heavy atom. The SMILES string of the molecule is Cc1ccc(N=Cc2c3ccccc3cc3ccccc23)cc1C. The Labute approximate surface area is 142 Å². The number of fused-ring (bicyclic) bond motifs is 2. The highest BCUT2D eigenvalue weighted by atomic mass is 14.7. The third kappa shape index (κ3) is 2.59. The monoisotopic (exact) mass is 309 g/mol. The minimum absolute atomic E-state index is 0.995. The van der Waals surface area contributed by atoms with Gasteiger partial charge in [0, 0.05) is 11.8 Å². The molecule has 116 valence electrons. The third-order valence-electron chi connectivity index (χ3n) is 4.65. The first kappa shape index (κ1) is 14.6. The van der Waals surface area contributed by atoms with Gasteiger partial charge in [-0.25, -0.2) is 0 Å². The van der Waals surface area contributed by atoms with Crippen LogP contribution in [0.15, 0.2) is 77.8 Å². The highest BCUT2D eigenvalue weighted by Gasteiger charge is 2.05. The lowest BCUT2D eigenvalue weighted by molar-refractivity contribution is 1.33. The highest BCUT2D eigenvalue weighted by molar-refractivity contribution is 6.13. The first-order valence-electron chi connectivity index (χ1n) is 8.24. The van der Waals surface area contributed by atoms with Crippen LogP contribution >= 0.6 is 0 Å². The number of aryl methyl sites for hydroxylation is 2. The smallest absolute Gasteiger partial charge is 0.0632 e. The van der Waals surface area contributed by atoms with Gasteiger partial charge in [-0.2, -0.15) is 0 Å². The van der Waals surface area contributed by atoms with E-state index in [0.29, 0.717) is 0 Å². The van der Waals surface area contributed by atoms with Crippen LogP contribution in [0.3, 0.4) is 0 Å². The molecule has 0 aliphatic carbocycles.